The van der Waals surface area contributed by atoms with Gasteiger partial charge in [-0.3, -0.25) is 10.1 Å². The van der Waals surface area contributed by atoms with Gasteiger partial charge in [-0.1, -0.05) is 28.9 Å². The summed E-state index contributed by atoms with van der Waals surface area (Å²) in [6, 6.07) is 13.9. The number of halogens is 1. The van der Waals surface area contributed by atoms with E-state index in [4.69, 9.17) is 30.3 Å². The Balaban J connectivity index is 1.61. The Morgan fingerprint density at radius 3 is 2.41 bits per heavy atom. The van der Waals surface area contributed by atoms with Crippen LogP contribution in [-0.2, 0) is 9.53 Å². The molecule has 0 aliphatic rings. The molecule has 1 N–H and O–H groups in total. The zero-order valence-corrected chi connectivity index (χ0v) is 18.5. The second-order valence-corrected chi connectivity index (χ2v) is 7.07. The Labute approximate surface area is 190 Å². The molecule has 0 unspecified atom stereocenters. The van der Waals surface area contributed by atoms with Gasteiger partial charge in [0.25, 0.3) is 0 Å². The first kappa shape index (κ1) is 23.1. The number of hydrogen-bond acceptors (Lipinski definition) is 7. The monoisotopic (exact) mass is 458 g/mol. The lowest BCUT2D eigenvalue weighted by Gasteiger charge is -2.08. The molecule has 1 amide bonds. The van der Waals surface area contributed by atoms with Crippen molar-refractivity contribution in [3.05, 3.63) is 59.1 Å². The molecule has 3 aromatic rings. The van der Waals surface area contributed by atoms with Crippen LogP contribution in [0, 0.1) is 0 Å². The first-order valence-electron chi connectivity index (χ1n) is 10.0. The number of amides is 1. The summed E-state index contributed by atoms with van der Waals surface area (Å²) in [6.07, 6.45) is 0.625. The summed E-state index contributed by atoms with van der Waals surface area (Å²) in [4.78, 5) is 24.9. The summed E-state index contributed by atoms with van der Waals surface area (Å²) < 4.78 is 21.1. The summed E-state index contributed by atoms with van der Waals surface area (Å²) in [5.41, 5.74) is 0.921. The summed E-state index contributed by atoms with van der Waals surface area (Å²) >= 11 is 5.93. The molecule has 0 spiro atoms. The standard InChI is InChI=1S/C23H23ClN2O6/c1-3-30-23(28)20-21(15-6-8-16(24)9-7-15)26-32-22(20)25-19(27)5-4-14-31-18-12-10-17(29-2)11-13-18/h6-13H,3-5,14H2,1-2H3,(H,25,27). The molecular formula is C23H23ClN2O6. The van der Waals surface area contributed by atoms with Crippen LogP contribution in [0.2, 0.25) is 5.02 Å². The molecule has 0 aliphatic carbocycles. The first-order chi connectivity index (χ1) is 15.5. The molecule has 2 aromatic carbocycles. The molecule has 0 saturated heterocycles. The normalized spacial score (nSPS) is 10.5. The van der Waals surface area contributed by atoms with Crippen LogP contribution in [-0.4, -0.2) is 37.4 Å². The molecule has 3 rings (SSSR count). The lowest BCUT2D eigenvalue weighted by Crippen LogP contribution is -2.15. The van der Waals surface area contributed by atoms with Crippen LogP contribution < -0.4 is 14.8 Å². The molecule has 9 heteroatoms. The van der Waals surface area contributed by atoms with Gasteiger partial charge in [0.05, 0.1) is 20.3 Å². The summed E-state index contributed by atoms with van der Waals surface area (Å²) in [5, 5.41) is 7.09. The number of rotatable bonds is 10. The molecule has 0 atom stereocenters. The van der Waals surface area contributed by atoms with Crippen molar-refractivity contribution >= 4 is 29.4 Å². The number of nitrogens with one attached hydrogen (secondary N) is 1. The van der Waals surface area contributed by atoms with Crippen molar-refractivity contribution in [2.75, 3.05) is 25.6 Å². The maximum Gasteiger partial charge on any atom is 0.346 e. The van der Waals surface area contributed by atoms with Crippen molar-refractivity contribution in [3.8, 4) is 22.8 Å². The van der Waals surface area contributed by atoms with Gasteiger partial charge in [-0.2, -0.15) is 0 Å². The van der Waals surface area contributed by atoms with Crippen molar-refractivity contribution in [2.24, 2.45) is 0 Å². The summed E-state index contributed by atoms with van der Waals surface area (Å²) in [5.74, 6) is 0.372. The maximum absolute atomic E-state index is 12.5. The fourth-order valence-electron chi connectivity index (χ4n) is 2.86. The van der Waals surface area contributed by atoms with E-state index in [0.717, 1.165) is 5.75 Å². The molecule has 1 heterocycles. The Hall–Kier alpha value is -3.52. The quantitative estimate of drug-likeness (QED) is 0.338. The van der Waals surface area contributed by atoms with Crippen molar-refractivity contribution in [2.45, 2.75) is 19.8 Å². The molecule has 32 heavy (non-hydrogen) atoms. The van der Waals surface area contributed by atoms with Crippen LogP contribution in [0.3, 0.4) is 0 Å². The Morgan fingerprint density at radius 2 is 1.75 bits per heavy atom. The molecule has 8 nitrogen and oxygen atoms in total. The van der Waals surface area contributed by atoms with Gasteiger partial charge in [-0.05, 0) is 49.7 Å². The number of carbonyl (C=O) groups is 2. The zero-order chi connectivity index (χ0) is 22.9. The predicted molar refractivity (Wildman–Crippen MR) is 119 cm³/mol. The zero-order valence-electron chi connectivity index (χ0n) is 17.7. The van der Waals surface area contributed by atoms with Crippen molar-refractivity contribution in [3.63, 3.8) is 0 Å². The highest BCUT2D eigenvalue weighted by Gasteiger charge is 2.26. The van der Waals surface area contributed by atoms with Crippen LogP contribution in [0.25, 0.3) is 11.3 Å². The molecule has 0 fully saturated rings. The van der Waals surface area contributed by atoms with Crippen LogP contribution in [0.4, 0.5) is 5.88 Å². The Morgan fingerprint density at radius 1 is 1.06 bits per heavy atom. The maximum atomic E-state index is 12.5. The molecule has 0 aliphatic heterocycles. The van der Waals surface area contributed by atoms with E-state index in [1.807, 2.05) is 0 Å². The average molecular weight is 459 g/mol. The van der Waals surface area contributed by atoms with E-state index < -0.39 is 5.97 Å². The second kappa shape index (κ2) is 11.2. The highest BCUT2D eigenvalue weighted by atomic mass is 35.5. The van der Waals surface area contributed by atoms with E-state index in [1.54, 1.807) is 62.6 Å². The van der Waals surface area contributed by atoms with E-state index >= 15 is 0 Å². The van der Waals surface area contributed by atoms with Gasteiger partial charge in [0.1, 0.15) is 17.2 Å². The predicted octanol–water partition coefficient (Wildman–Crippen LogP) is 4.98. The first-order valence-corrected chi connectivity index (χ1v) is 10.4. The van der Waals surface area contributed by atoms with Crippen LogP contribution >= 0.6 is 11.6 Å². The number of ether oxygens (including phenoxy) is 3. The second-order valence-electron chi connectivity index (χ2n) is 6.64. The highest BCUT2D eigenvalue weighted by molar-refractivity contribution is 6.30. The Bertz CT molecular complexity index is 1050. The van der Waals surface area contributed by atoms with E-state index in [9.17, 15) is 9.59 Å². The fourth-order valence-corrected chi connectivity index (χ4v) is 2.98. The molecule has 0 bridgehead atoms. The molecular weight excluding hydrogens is 436 g/mol. The molecule has 0 saturated carbocycles. The van der Waals surface area contributed by atoms with Crippen LogP contribution in [0.1, 0.15) is 30.1 Å². The van der Waals surface area contributed by atoms with Gasteiger partial charge < -0.3 is 18.7 Å². The number of methoxy groups -OCH3 is 1. The van der Waals surface area contributed by atoms with Gasteiger partial charge in [-0.25, -0.2) is 4.79 Å². The summed E-state index contributed by atoms with van der Waals surface area (Å²) in [7, 11) is 1.59. The van der Waals surface area contributed by atoms with Crippen molar-refractivity contribution < 1.29 is 28.3 Å². The fraction of sp³-hybridized carbons (Fsp3) is 0.261. The number of nitrogens with zero attached hydrogens (tertiary/aromatic N) is 1. The van der Waals surface area contributed by atoms with Gasteiger partial charge in [0.15, 0.2) is 5.56 Å². The summed E-state index contributed by atoms with van der Waals surface area (Å²) in [6.45, 7) is 2.20. The van der Waals surface area contributed by atoms with Crippen molar-refractivity contribution in [1.82, 2.24) is 5.16 Å². The van der Waals surface area contributed by atoms with Crippen molar-refractivity contribution in [1.29, 1.82) is 0 Å². The molecule has 168 valence electrons. The van der Waals surface area contributed by atoms with E-state index in [0.29, 0.717) is 29.4 Å². The third-order valence-electron chi connectivity index (χ3n) is 4.42. The van der Waals surface area contributed by atoms with Gasteiger partial charge >= 0.3 is 5.97 Å². The number of aromatic nitrogens is 1. The topological polar surface area (TPSA) is 99.9 Å². The van der Waals surface area contributed by atoms with E-state index in [2.05, 4.69) is 10.5 Å². The SMILES string of the molecule is CCOC(=O)c1c(-c2ccc(Cl)cc2)noc1NC(=O)CCCOc1ccc(OC)cc1. The van der Waals surface area contributed by atoms with Gasteiger partial charge in [0.2, 0.25) is 11.8 Å². The minimum Gasteiger partial charge on any atom is -0.497 e. The van der Waals surface area contributed by atoms with Gasteiger partial charge in [-0.15, -0.1) is 0 Å². The largest absolute Gasteiger partial charge is 0.497 e. The molecule has 1 aromatic heterocycles. The average Bonchev–Trinajstić information content (AvgIpc) is 3.21. The lowest BCUT2D eigenvalue weighted by atomic mass is 10.1. The smallest absolute Gasteiger partial charge is 0.346 e. The van der Waals surface area contributed by atoms with Crippen LogP contribution in [0.15, 0.2) is 53.1 Å². The van der Waals surface area contributed by atoms with Crippen LogP contribution in [0.5, 0.6) is 11.5 Å². The highest BCUT2D eigenvalue weighted by Crippen LogP contribution is 2.30. The number of esters is 1. The lowest BCUT2D eigenvalue weighted by molar-refractivity contribution is -0.116. The Kier molecular flexibility index (Phi) is 8.10. The number of carbonyl (C=O) groups excluding carboxylic acids is 2. The molecule has 0 radical (unpaired) electrons. The minimum absolute atomic E-state index is 0.0528. The number of benzene rings is 2. The van der Waals surface area contributed by atoms with E-state index in [-0.39, 0.29) is 36.1 Å². The number of hydrogen-bond donors (Lipinski definition) is 1. The third-order valence-corrected chi connectivity index (χ3v) is 4.67. The van der Waals surface area contributed by atoms with E-state index in [1.165, 1.54) is 0 Å². The van der Waals surface area contributed by atoms with Gasteiger partial charge in [0, 0.05) is 17.0 Å². The minimum atomic E-state index is -0.642. The third kappa shape index (κ3) is 6.01. The number of anilines is 1.